The van der Waals surface area contributed by atoms with E-state index in [9.17, 15) is 4.79 Å². The standard InChI is InChI=1S/C27H28N6O/c1-19-24(20(2)33(31-19)23-12-5-3-6-13-23)15-16-26(34)28-22-11-9-10-21(18-22)27-30-29-25-14-7-4-8-17-32(25)27/h3,5-6,9-13,15-16,18H,4,7-8,14,17H2,1-2H3,(H,28,34)/b16-15+. The smallest absolute Gasteiger partial charge is 0.248 e. The Hall–Kier alpha value is -4.00. The van der Waals surface area contributed by atoms with Crippen LogP contribution in [0, 0.1) is 13.8 Å². The van der Waals surface area contributed by atoms with E-state index in [0.29, 0.717) is 0 Å². The minimum Gasteiger partial charge on any atom is -0.322 e. The second-order valence-corrected chi connectivity index (χ2v) is 8.64. The predicted octanol–water partition coefficient (Wildman–Crippen LogP) is 5.13. The SMILES string of the molecule is Cc1nn(-c2ccccc2)c(C)c1/C=C/C(=O)Nc1cccc(-c2nnc3n2CCCCC3)c1. The number of para-hydroxylation sites is 1. The number of fused-ring (bicyclic) bond motifs is 1. The Balaban J connectivity index is 1.33. The van der Waals surface area contributed by atoms with Gasteiger partial charge in [0.25, 0.3) is 0 Å². The van der Waals surface area contributed by atoms with Crippen molar-refractivity contribution in [2.45, 2.75) is 46.1 Å². The van der Waals surface area contributed by atoms with E-state index in [1.807, 2.05) is 79.2 Å². The number of carbonyl (C=O) groups excluding carboxylic acids is 1. The second kappa shape index (κ2) is 9.47. The van der Waals surface area contributed by atoms with E-state index in [4.69, 9.17) is 0 Å². The zero-order valence-corrected chi connectivity index (χ0v) is 19.5. The molecular weight excluding hydrogens is 424 g/mol. The molecule has 0 atom stereocenters. The van der Waals surface area contributed by atoms with Gasteiger partial charge >= 0.3 is 0 Å². The molecule has 1 aliphatic rings. The quantitative estimate of drug-likeness (QED) is 0.426. The molecule has 0 aliphatic carbocycles. The molecule has 0 spiro atoms. The summed E-state index contributed by atoms with van der Waals surface area (Å²) in [5.74, 6) is 1.72. The molecule has 0 bridgehead atoms. The lowest BCUT2D eigenvalue weighted by Gasteiger charge is -2.09. The van der Waals surface area contributed by atoms with Crippen LogP contribution in [0.4, 0.5) is 5.69 Å². The van der Waals surface area contributed by atoms with Crippen LogP contribution in [0.2, 0.25) is 0 Å². The number of hydrogen-bond acceptors (Lipinski definition) is 4. The molecule has 34 heavy (non-hydrogen) atoms. The third kappa shape index (κ3) is 4.41. The van der Waals surface area contributed by atoms with Gasteiger partial charge in [0.2, 0.25) is 5.91 Å². The first-order chi connectivity index (χ1) is 16.6. The van der Waals surface area contributed by atoms with Gasteiger partial charge in [-0.15, -0.1) is 10.2 Å². The molecule has 2 aromatic heterocycles. The molecule has 0 unspecified atom stereocenters. The number of nitrogens with zero attached hydrogens (tertiary/aromatic N) is 5. The maximum Gasteiger partial charge on any atom is 0.248 e. The maximum absolute atomic E-state index is 12.7. The van der Waals surface area contributed by atoms with Gasteiger partial charge in [-0.2, -0.15) is 5.10 Å². The molecule has 0 radical (unpaired) electrons. The van der Waals surface area contributed by atoms with Crippen LogP contribution in [-0.2, 0) is 17.8 Å². The van der Waals surface area contributed by atoms with E-state index >= 15 is 0 Å². The van der Waals surface area contributed by atoms with Crippen LogP contribution < -0.4 is 5.32 Å². The van der Waals surface area contributed by atoms with E-state index in [1.165, 1.54) is 6.42 Å². The number of amides is 1. The summed E-state index contributed by atoms with van der Waals surface area (Å²) < 4.78 is 4.11. The fourth-order valence-electron chi connectivity index (χ4n) is 4.49. The highest BCUT2D eigenvalue weighted by atomic mass is 16.1. The maximum atomic E-state index is 12.7. The average Bonchev–Trinajstić information content (AvgIpc) is 3.28. The number of hydrogen-bond donors (Lipinski definition) is 1. The summed E-state index contributed by atoms with van der Waals surface area (Å²) in [6.07, 6.45) is 7.86. The zero-order valence-electron chi connectivity index (χ0n) is 19.5. The molecule has 0 saturated heterocycles. The first-order valence-corrected chi connectivity index (χ1v) is 11.7. The third-order valence-electron chi connectivity index (χ3n) is 6.25. The van der Waals surface area contributed by atoms with E-state index in [0.717, 1.165) is 71.3 Å². The van der Waals surface area contributed by atoms with Crippen LogP contribution in [0.3, 0.4) is 0 Å². The summed E-state index contributed by atoms with van der Waals surface area (Å²) in [5.41, 5.74) is 5.49. The van der Waals surface area contributed by atoms with Crippen molar-refractivity contribution >= 4 is 17.7 Å². The highest BCUT2D eigenvalue weighted by Crippen LogP contribution is 2.25. The minimum atomic E-state index is -0.191. The highest BCUT2D eigenvalue weighted by molar-refractivity contribution is 6.02. The van der Waals surface area contributed by atoms with Crippen molar-refractivity contribution in [2.24, 2.45) is 0 Å². The average molecular weight is 453 g/mol. The number of anilines is 1. The fraction of sp³-hybridized carbons (Fsp3) is 0.259. The predicted molar refractivity (Wildman–Crippen MR) is 134 cm³/mol. The normalized spacial score (nSPS) is 13.6. The first kappa shape index (κ1) is 21.8. The van der Waals surface area contributed by atoms with Crippen molar-refractivity contribution in [3.05, 3.63) is 83.4 Å². The molecule has 1 N–H and O–H groups in total. The van der Waals surface area contributed by atoms with Gasteiger partial charge in [0, 0.05) is 41.5 Å². The molecule has 5 rings (SSSR count). The van der Waals surface area contributed by atoms with Gasteiger partial charge in [0.05, 0.1) is 11.4 Å². The molecule has 0 saturated carbocycles. The van der Waals surface area contributed by atoms with Crippen molar-refractivity contribution < 1.29 is 4.79 Å². The van der Waals surface area contributed by atoms with Crippen molar-refractivity contribution in [3.63, 3.8) is 0 Å². The molecule has 1 amide bonds. The fourth-order valence-corrected chi connectivity index (χ4v) is 4.49. The number of aromatic nitrogens is 5. The van der Waals surface area contributed by atoms with Gasteiger partial charge in [-0.1, -0.05) is 36.8 Å². The highest BCUT2D eigenvalue weighted by Gasteiger charge is 2.16. The number of carbonyl (C=O) groups is 1. The van der Waals surface area contributed by atoms with Crippen LogP contribution in [-0.4, -0.2) is 30.5 Å². The van der Waals surface area contributed by atoms with E-state index in [2.05, 4.69) is 25.2 Å². The van der Waals surface area contributed by atoms with Gasteiger partial charge in [-0.05, 0) is 57.0 Å². The Morgan fingerprint density at radius 1 is 1.00 bits per heavy atom. The summed E-state index contributed by atoms with van der Waals surface area (Å²) in [4.78, 5) is 12.7. The van der Waals surface area contributed by atoms with Crippen LogP contribution in [0.25, 0.3) is 23.2 Å². The summed E-state index contributed by atoms with van der Waals surface area (Å²) in [6, 6.07) is 17.8. The molecular formula is C27H28N6O. The number of rotatable bonds is 5. The molecule has 0 fully saturated rings. The van der Waals surface area contributed by atoms with Crippen molar-refractivity contribution in [2.75, 3.05) is 5.32 Å². The van der Waals surface area contributed by atoms with Crippen LogP contribution in [0.5, 0.6) is 0 Å². The Bertz CT molecular complexity index is 1350. The van der Waals surface area contributed by atoms with E-state index in [-0.39, 0.29) is 5.91 Å². The lowest BCUT2D eigenvalue weighted by molar-refractivity contribution is -0.111. The largest absolute Gasteiger partial charge is 0.322 e. The van der Waals surface area contributed by atoms with E-state index < -0.39 is 0 Å². The summed E-state index contributed by atoms with van der Waals surface area (Å²) in [7, 11) is 0. The molecule has 2 aromatic carbocycles. The van der Waals surface area contributed by atoms with Gasteiger partial charge in [-0.25, -0.2) is 4.68 Å². The van der Waals surface area contributed by atoms with Gasteiger partial charge in [-0.3, -0.25) is 4.79 Å². The topological polar surface area (TPSA) is 77.6 Å². The van der Waals surface area contributed by atoms with Crippen LogP contribution in [0.1, 0.15) is 42.0 Å². The third-order valence-corrected chi connectivity index (χ3v) is 6.25. The molecule has 1 aliphatic heterocycles. The van der Waals surface area contributed by atoms with Crippen molar-refractivity contribution in [1.82, 2.24) is 24.5 Å². The molecule has 7 nitrogen and oxygen atoms in total. The van der Waals surface area contributed by atoms with Crippen molar-refractivity contribution in [1.29, 1.82) is 0 Å². The molecule has 4 aromatic rings. The Labute approximate surface area is 199 Å². The van der Waals surface area contributed by atoms with Crippen LogP contribution in [0.15, 0.2) is 60.7 Å². The summed E-state index contributed by atoms with van der Waals surface area (Å²) in [6.45, 7) is 4.90. The minimum absolute atomic E-state index is 0.191. The van der Waals surface area contributed by atoms with Gasteiger partial charge < -0.3 is 9.88 Å². The monoisotopic (exact) mass is 452 g/mol. The summed E-state index contributed by atoms with van der Waals surface area (Å²) >= 11 is 0. The number of nitrogens with one attached hydrogen (secondary N) is 1. The van der Waals surface area contributed by atoms with Gasteiger partial charge in [0.1, 0.15) is 5.82 Å². The first-order valence-electron chi connectivity index (χ1n) is 11.7. The Morgan fingerprint density at radius 3 is 2.71 bits per heavy atom. The Morgan fingerprint density at radius 2 is 1.85 bits per heavy atom. The van der Waals surface area contributed by atoms with Crippen LogP contribution >= 0.6 is 0 Å². The second-order valence-electron chi connectivity index (χ2n) is 8.64. The molecule has 7 heteroatoms. The Kier molecular flexibility index (Phi) is 6.08. The molecule has 3 heterocycles. The van der Waals surface area contributed by atoms with E-state index in [1.54, 1.807) is 6.08 Å². The zero-order chi connectivity index (χ0) is 23.5. The lowest BCUT2D eigenvalue weighted by atomic mass is 10.1. The lowest BCUT2D eigenvalue weighted by Crippen LogP contribution is -2.08. The number of benzene rings is 2. The summed E-state index contributed by atoms with van der Waals surface area (Å²) in [5, 5.41) is 16.4. The van der Waals surface area contributed by atoms with Gasteiger partial charge in [0.15, 0.2) is 5.82 Å². The number of aryl methyl sites for hydroxylation is 2. The van der Waals surface area contributed by atoms with Crippen molar-refractivity contribution in [3.8, 4) is 17.1 Å². The molecule has 172 valence electrons.